The first-order chi connectivity index (χ1) is 12.7. The minimum absolute atomic E-state index is 0.448. The van der Waals surface area contributed by atoms with Gasteiger partial charge in [0.15, 0.2) is 5.82 Å². The number of nitrogens with zero attached hydrogens (tertiary/aromatic N) is 4. The number of aromatic amines is 1. The fraction of sp³-hybridized carbons (Fsp3) is 0.0588. The van der Waals surface area contributed by atoms with Gasteiger partial charge in [-0.15, -0.1) is 15.3 Å². The van der Waals surface area contributed by atoms with Crippen LogP contribution in [0, 0.1) is 0 Å². The molecule has 2 heterocycles. The summed E-state index contributed by atoms with van der Waals surface area (Å²) in [5.41, 5.74) is 1.62. The molecule has 0 radical (unpaired) electrons. The van der Waals surface area contributed by atoms with Gasteiger partial charge in [0.1, 0.15) is 0 Å². The van der Waals surface area contributed by atoms with Crippen molar-refractivity contribution in [2.75, 3.05) is 0 Å². The maximum absolute atomic E-state index is 6.18. The van der Waals surface area contributed by atoms with Crippen LogP contribution in [0.3, 0.4) is 0 Å². The zero-order valence-corrected chi connectivity index (χ0v) is 15.5. The van der Waals surface area contributed by atoms with Gasteiger partial charge in [-0.3, -0.25) is 5.10 Å². The second kappa shape index (κ2) is 7.49. The number of benzene rings is 2. The van der Waals surface area contributed by atoms with Gasteiger partial charge >= 0.3 is 0 Å². The van der Waals surface area contributed by atoms with Crippen LogP contribution in [0.15, 0.2) is 58.1 Å². The summed E-state index contributed by atoms with van der Waals surface area (Å²) >= 11 is 13.5. The first-order valence-electron chi connectivity index (χ1n) is 7.57. The quantitative estimate of drug-likeness (QED) is 0.465. The summed E-state index contributed by atoms with van der Waals surface area (Å²) in [6, 6.07) is 14.7. The molecule has 0 atom stereocenters. The SMILES string of the molecule is Clc1ccc(-c2nnc(CSc3n[nH]c(-c4ccccc4Cl)n3)o2)cc1. The van der Waals surface area contributed by atoms with Gasteiger partial charge in [0, 0.05) is 16.1 Å². The van der Waals surface area contributed by atoms with Crippen LogP contribution in [0.1, 0.15) is 5.89 Å². The van der Waals surface area contributed by atoms with Crippen molar-refractivity contribution in [2.45, 2.75) is 10.9 Å². The second-order valence-electron chi connectivity index (χ2n) is 5.24. The number of H-pyrrole nitrogens is 1. The van der Waals surface area contributed by atoms with Gasteiger partial charge in [-0.05, 0) is 36.4 Å². The van der Waals surface area contributed by atoms with E-state index in [4.69, 9.17) is 27.6 Å². The van der Waals surface area contributed by atoms with Crippen LogP contribution >= 0.6 is 35.0 Å². The van der Waals surface area contributed by atoms with Crippen LogP contribution in [0.2, 0.25) is 10.0 Å². The van der Waals surface area contributed by atoms with Crippen molar-refractivity contribution in [1.82, 2.24) is 25.4 Å². The first-order valence-corrected chi connectivity index (χ1v) is 9.31. The van der Waals surface area contributed by atoms with Crippen molar-refractivity contribution in [2.24, 2.45) is 0 Å². The number of halogens is 2. The highest BCUT2D eigenvalue weighted by Gasteiger charge is 2.12. The number of aromatic nitrogens is 5. The van der Waals surface area contributed by atoms with Crippen LogP contribution in [0.4, 0.5) is 0 Å². The molecule has 9 heteroatoms. The van der Waals surface area contributed by atoms with Crippen LogP contribution in [-0.2, 0) is 5.75 Å². The van der Waals surface area contributed by atoms with E-state index in [1.54, 1.807) is 12.1 Å². The molecular formula is C17H11Cl2N5OS. The molecule has 4 aromatic rings. The highest BCUT2D eigenvalue weighted by Crippen LogP contribution is 2.27. The van der Waals surface area contributed by atoms with E-state index in [0.717, 1.165) is 11.1 Å². The Morgan fingerprint density at radius 2 is 1.81 bits per heavy atom. The summed E-state index contributed by atoms with van der Waals surface area (Å²) in [5, 5.41) is 17.0. The van der Waals surface area contributed by atoms with E-state index in [9.17, 15) is 0 Å². The lowest BCUT2D eigenvalue weighted by Crippen LogP contribution is -1.83. The summed E-state index contributed by atoms with van der Waals surface area (Å²) in [5.74, 6) is 2.01. The van der Waals surface area contributed by atoms with E-state index >= 15 is 0 Å². The lowest BCUT2D eigenvalue weighted by atomic mass is 10.2. The third-order valence-corrected chi connectivity index (χ3v) is 4.89. The summed E-state index contributed by atoms with van der Waals surface area (Å²) in [6.45, 7) is 0. The molecule has 0 aliphatic heterocycles. The van der Waals surface area contributed by atoms with Crippen molar-refractivity contribution >= 4 is 35.0 Å². The number of hydrogen-bond acceptors (Lipinski definition) is 6. The predicted octanol–water partition coefficient (Wildman–Crippen LogP) is 5.12. The fourth-order valence-corrected chi connectivity index (χ4v) is 3.22. The summed E-state index contributed by atoms with van der Waals surface area (Å²) < 4.78 is 5.67. The number of thioether (sulfide) groups is 1. The molecule has 26 heavy (non-hydrogen) atoms. The molecule has 2 aromatic carbocycles. The number of rotatable bonds is 5. The second-order valence-corrected chi connectivity index (χ2v) is 7.03. The zero-order valence-electron chi connectivity index (χ0n) is 13.2. The van der Waals surface area contributed by atoms with E-state index in [0.29, 0.717) is 38.6 Å². The Balaban J connectivity index is 1.44. The van der Waals surface area contributed by atoms with Gasteiger partial charge in [0.25, 0.3) is 0 Å². The van der Waals surface area contributed by atoms with Gasteiger partial charge in [0.2, 0.25) is 16.9 Å². The highest BCUT2D eigenvalue weighted by atomic mass is 35.5. The number of nitrogens with one attached hydrogen (secondary N) is 1. The van der Waals surface area contributed by atoms with E-state index < -0.39 is 0 Å². The molecule has 0 fully saturated rings. The standard InChI is InChI=1S/C17H11Cl2N5OS/c18-11-7-5-10(6-8-11)16-23-21-14(25-16)9-26-17-20-15(22-24-17)12-3-1-2-4-13(12)19/h1-8H,9H2,(H,20,22,24). The molecule has 130 valence electrons. The van der Waals surface area contributed by atoms with Crippen LogP contribution in [0.25, 0.3) is 22.8 Å². The molecule has 0 aliphatic carbocycles. The van der Waals surface area contributed by atoms with Crippen LogP contribution < -0.4 is 0 Å². The van der Waals surface area contributed by atoms with Crippen LogP contribution in [-0.4, -0.2) is 25.4 Å². The monoisotopic (exact) mass is 403 g/mol. The van der Waals surface area contributed by atoms with Crippen molar-refractivity contribution < 1.29 is 4.42 Å². The van der Waals surface area contributed by atoms with Gasteiger partial charge in [0.05, 0.1) is 10.8 Å². The summed E-state index contributed by atoms with van der Waals surface area (Å²) in [7, 11) is 0. The molecule has 2 aromatic heterocycles. The molecule has 4 rings (SSSR count). The van der Waals surface area contributed by atoms with Gasteiger partial charge in [-0.25, -0.2) is 4.98 Å². The van der Waals surface area contributed by atoms with Crippen molar-refractivity contribution in [3.05, 3.63) is 64.5 Å². The molecule has 6 nitrogen and oxygen atoms in total. The predicted molar refractivity (Wildman–Crippen MR) is 101 cm³/mol. The van der Waals surface area contributed by atoms with Crippen LogP contribution in [0.5, 0.6) is 0 Å². The zero-order chi connectivity index (χ0) is 17.9. The Kier molecular flexibility index (Phi) is 4.92. The smallest absolute Gasteiger partial charge is 0.247 e. The molecule has 0 spiro atoms. The molecule has 0 amide bonds. The molecule has 1 N–H and O–H groups in total. The summed E-state index contributed by atoms with van der Waals surface area (Å²) in [6.07, 6.45) is 0. The van der Waals surface area contributed by atoms with E-state index in [2.05, 4.69) is 25.4 Å². The largest absolute Gasteiger partial charge is 0.420 e. The first kappa shape index (κ1) is 17.1. The minimum atomic E-state index is 0.448. The topological polar surface area (TPSA) is 80.5 Å². The average molecular weight is 404 g/mol. The average Bonchev–Trinajstić information content (AvgIpc) is 3.30. The Morgan fingerprint density at radius 1 is 1.00 bits per heavy atom. The normalized spacial score (nSPS) is 11.0. The van der Waals surface area contributed by atoms with E-state index in [1.165, 1.54) is 11.8 Å². The highest BCUT2D eigenvalue weighted by molar-refractivity contribution is 7.98. The molecule has 0 saturated carbocycles. The lowest BCUT2D eigenvalue weighted by Gasteiger charge is -1.97. The molecule has 0 bridgehead atoms. The lowest BCUT2D eigenvalue weighted by molar-refractivity contribution is 0.528. The molecule has 0 unspecified atom stereocenters. The molecule has 0 saturated heterocycles. The van der Waals surface area contributed by atoms with Crippen molar-refractivity contribution in [3.63, 3.8) is 0 Å². The van der Waals surface area contributed by atoms with Crippen molar-refractivity contribution in [1.29, 1.82) is 0 Å². The fourth-order valence-electron chi connectivity index (χ4n) is 2.23. The number of hydrogen-bond donors (Lipinski definition) is 1. The van der Waals surface area contributed by atoms with Gasteiger partial charge in [-0.2, -0.15) is 0 Å². The Bertz CT molecular complexity index is 1030. The third kappa shape index (κ3) is 3.75. The minimum Gasteiger partial charge on any atom is -0.420 e. The van der Waals surface area contributed by atoms with Gasteiger partial charge in [-0.1, -0.05) is 47.1 Å². The maximum atomic E-state index is 6.18. The van der Waals surface area contributed by atoms with E-state index in [1.807, 2.05) is 36.4 Å². The Labute approximate surface area is 163 Å². The summed E-state index contributed by atoms with van der Waals surface area (Å²) in [4.78, 5) is 4.44. The molecular weight excluding hydrogens is 393 g/mol. The van der Waals surface area contributed by atoms with Crippen molar-refractivity contribution in [3.8, 4) is 22.8 Å². The molecule has 0 aliphatic rings. The maximum Gasteiger partial charge on any atom is 0.247 e. The Morgan fingerprint density at radius 3 is 2.62 bits per heavy atom. The third-order valence-electron chi connectivity index (χ3n) is 3.48. The Hall–Kier alpha value is -2.35. The van der Waals surface area contributed by atoms with E-state index in [-0.39, 0.29) is 0 Å². The van der Waals surface area contributed by atoms with Gasteiger partial charge < -0.3 is 4.42 Å².